The van der Waals surface area contributed by atoms with Crippen LogP contribution in [0.3, 0.4) is 0 Å². The van der Waals surface area contributed by atoms with Gasteiger partial charge in [0.25, 0.3) is 5.91 Å². The fourth-order valence-corrected chi connectivity index (χ4v) is 2.91. The van der Waals surface area contributed by atoms with E-state index < -0.39 is 0 Å². The third-order valence-corrected chi connectivity index (χ3v) is 4.14. The molecule has 0 bridgehead atoms. The molecule has 1 aliphatic heterocycles. The maximum atomic E-state index is 12.3. The topological polar surface area (TPSA) is 20.3 Å². The van der Waals surface area contributed by atoms with E-state index in [4.69, 9.17) is 11.6 Å². The van der Waals surface area contributed by atoms with E-state index in [-0.39, 0.29) is 5.91 Å². The van der Waals surface area contributed by atoms with Gasteiger partial charge in [-0.05, 0) is 43.0 Å². The number of rotatable bonds is 2. The van der Waals surface area contributed by atoms with Crippen LogP contribution in [0.2, 0.25) is 0 Å². The summed E-state index contributed by atoms with van der Waals surface area (Å²) in [6.45, 7) is 3.58. The summed E-state index contributed by atoms with van der Waals surface area (Å²) in [6, 6.07) is 5.77. The van der Waals surface area contributed by atoms with Gasteiger partial charge in [0.15, 0.2) is 0 Å². The Bertz CT molecular complexity index is 435. The van der Waals surface area contributed by atoms with Crippen molar-refractivity contribution in [1.82, 2.24) is 4.90 Å². The van der Waals surface area contributed by atoms with Gasteiger partial charge in [-0.25, -0.2) is 0 Å². The lowest BCUT2D eigenvalue weighted by atomic mass is 10.1. The van der Waals surface area contributed by atoms with E-state index in [2.05, 4.69) is 15.9 Å². The van der Waals surface area contributed by atoms with Crippen LogP contribution in [0.4, 0.5) is 0 Å². The Kier molecular flexibility index (Phi) is 4.10. The van der Waals surface area contributed by atoms with Gasteiger partial charge in [-0.2, -0.15) is 0 Å². The molecule has 2 nitrogen and oxygen atoms in total. The molecule has 0 N–H and O–H groups in total. The highest BCUT2D eigenvalue weighted by Crippen LogP contribution is 2.22. The summed E-state index contributed by atoms with van der Waals surface area (Å²) in [7, 11) is 0. The second-order valence-corrected chi connectivity index (χ2v) is 5.74. The van der Waals surface area contributed by atoms with Gasteiger partial charge in [0.2, 0.25) is 0 Å². The molecular weight excluding hydrogens is 302 g/mol. The van der Waals surface area contributed by atoms with E-state index in [1.165, 1.54) is 0 Å². The lowest BCUT2D eigenvalue weighted by molar-refractivity contribution is 0.0787. The first-order valence-corrected chi connectivity index (χ1v) is 7.06. The molecule has 0 spiro atoms. The Hall–Kier alpha value is -0.540. The standard InChI is InChI=1S/C13H15BrClNO/c1-9-6-11(14)2-3-12(9)13(17)16-5-4-10(7-15)8-16/h2-3,6,10H,4-5,7-8H2,1H3. The minimum absolute atomic E-state index is 0.127. The van der Waals surface area contributed by atoms with Crippen LogP contribution in [0.25, 0.3) is 0 Å². The van der Waals surface area contributed by atoms with Crippen molar-refractivity contribution in [2.24, 2.45) is 5.92 Å². The minimum Gasteiger partial charge on any atom is -0.338 e. The maximum absolute atomic E-state index is 12.3. The molecule has 1 heterocycles. The van der Waals surface area contributed by atoms with Gasteiger partial charge in [-0.1, -0.05) is 15.9 Å². The van der Waals surface area contributed by atoms with Crippen LogP contribution >= 0.6 is 27.5 Å². The Morgan fingerprint density at radius 3 is 2.94 bits per heavy atom. The SMILES string of the molecule is Cc1cc(Br)ccc1C(=O)N1CCC(CCl)C1. The van der Waals surface area contributed by atoms with E-state index >= 15 is 0 Å². The average molecular weight is 317 g/mol. The number of halogens is 2. The Morgan fingerprint density at radius 2 is 2.35 bits per heavy atom. The van der Waals surface area contributed by atoms with E-state index in [1.807, 2.05) is 30.0 Å². The number of carbonyl (C=O) groups is 1. The fourth-order valence-electron chi connectivity index (χ4n) is 2.18. The van der Waals surface area contributed by atoms with E-state index in [9.17, 15) is 4.79 Å². The molecule has 1 fully saturated rings. The lowest BCUT2D eigenvalue weighted by Crippen LogP contribution is -2.29. The normalized spacial score (nSPS) is 19.7. The molecule has 0 radical (unpaired) electrons. The van der Waals surface area contributed by atoms with Crippen LogP contribution in [0.15, 0.2) is 22.7 Å². The summed E-state index contributed by atoms with van der Waals surface area (Å²) in [5.74, 6) is 1.22. The van der Waals surface area contributed by atoms with Gasteiger partial charge < -0.3 is 4.90 Å². The van der Waals surface area contributed by atoms with Gasteiger partial charge in [-0.15, -0.1) is 11.6 Å². The Morgan fingerprint density at radius 1 is 1.59 bits per heavy atom. The van der Waals surface area contributed by atoms with Crippen LogP contribution in [0, 0.1) is 12.8 Å². The fraction of sp³-hybridized carbons (Fsp3) is 0.462. The summed E-state index contributed by atoms with van der Waals surface area (Å²) in [5.41, 5.74) is 1.81. The molecule has 2 rings (SSSR count). The smallest absolute Gasteiger partial charge is 0.254 e. The third-order valence-electron chi connectivity index (χ3n) is 3.21. The third kappa shape index (κ3) is 2.83. The lowest BCUT2D eigenvalue weighted by Gasteiger charge is -2.17. The van der Waals surface area contributed by atoms with Crippen LogP contribution < -0.4 is 0 Å². The summed E-state index contributed by atoms with van der Waals surface area (Å²) < 4.78 is 1.01. The van der Waals surface area contributed by atoms with Gasteiger partial charge in [0.1, 0.15) is 0 Å². The van der Waals surface area contributed by atoms with Crippen LogP contribution in [-0.2, 0) is 0 Å². The van der Waals surface area contributed by atoms with Gasteiger partial charge in [-0.3, -0.25) is 4.79 Å². The van der Waals surface area contributed by atoms with E-state index in [1.54, 1.807) is 0 Å². The summed E-state index contributed by atoms with van der Waals surface area (Å²) in [5, 5.41) is 0. The van der Waals surface area contributed by atoms with Gasteiger partial charge in [0, 0.05) is 29.0 Å². The van der Waals surface area contributed by atoms with Crippen molar-refractivity contribution in [3.63, 3.8) is 0 Å². The van der Waals surface area contributed by atoms with Crippen LogP contribution in [0.5, 0.6) is 0 Å². The highest BCUT2D eigenvalue weighted by Gasteiger charge is 2.26. The number of nitrogens with zero attached hydrogens (tertiary/aromatic N) is 1. The quantitative estimate of drug-likeness (QED) is 0.765. The van der Waals surface area contributed by atoms with Crippen molar-refractivity contribution in [2.75, 3.05) is 19.0 Å². The first kappa shape index (κ1) is 12.9. The second kappa shape index (κ2) is 5.40. The highest BCUT2D eigenvalue weighted by atomic mass is 79.9. The number of likely N-dealkylation sites (tertiary alicyclic amines) is 1. The Balaban J connectivity index is 2.15. The van der Waals surface area contributed by atoms with Crippen LogP contribution in [-0.4, -0.2) is 29.8 Å². The van der Waals surface area contributed by atoms with Crippen molar-refractivity contribution in [2.45, 2.75) is 13.3 Å². The maximum Gasteiger partial charge on any atom is 0.254 e. The minimum atomic E-state index is 0.127. The van der Waals surface area contributed by atoms with Crippen molar-refractivity contribution in [3.8, 4) is 0 Å². The van der Waals surface area contributed by atoms with Crippen molar-refractivity contribution < 1.29 is 4.79 Å². The first-order chi connectivity index (χ1) is 8.11. The van der Waals surface area contributed by atoms with Gasteiger partial charge in [0.05, 0.1) is 0 Å². The molecule has 4 heteroatoms. The molecule has 92 valence electrons. The molecule has 1 unspecified atom stereocenters. The molecule has 1 aromatic rings. The molecule has 17 heavy (non-hydrogen) atoms. The van der Waals surface area contributed by atoms with Gasteiger partial charge >= 0.3 is 0 Å². The highest BCUT2D eigenvalue weighted by molar-refractivity contribution is 9.10. The zero-order valence-corrected chi connectivity index (χ0v) is 12.1. The van der Waals surface area contributed by atoms with E-state index in [0.29, 0.717) is 11.8 Å². The molecular formula is C13H15BrClNO. The number of hydrogen-bond donors (Lipinski definition) is 0. The first-order valence-electron chi connectivity index (χ1n) is 5.73. The number of carbonyl (C=O) groups excluding carboxylic acids is 1. The second-order valence-electron chi connectivity index (χ2n) is 4.52. The molecule has 1 aromatic carbocycles. The molecule has 1 atom stereocenters. The largest absolute Gasteiger partial charge is 0.338 e. The summed E-state index contributed by atoms with van der Waals surface area (Å²) in [6.07, 6.45) is 1.02. The van der Waals surface area contributed by atoms with Crippen molar-refractivity contribution in [1.29, 1.82) is 0 Å². The molecule has 1 amide bonds. The molecule has 0 aliphatic carbocycles. The predicted molar refractivity (Wildman–Crippen MR) is 73.6 cm³/mol. The number of alkyl halides is 1. The molecule has 1 aliphatic rings. The zero-order chi connectivity index (χ0) is 12.4. The zero-order valence-electron chi connectivity index (χ0n) is 9.75. The van der Waals surface area contributed by atoms with Crippen molar-refractivity contribution >= 4 is 33.4 Å². The summed E-state index contributed by atoms with van der Waals surface area (Å²) >= 11 is 9.24. The van der Waals surface area contributed by atoms with Crippen LogP contribution in [0.1, 0.15) is 22.3 Å². The van der Waals surface area contributed by atoms with E-state index in [0.717, 1.165) is 35.1 Å². The molecule has 0 aromatic heterocycles. The monoisotopic (exact) mass is 315 g/mol. The molecule has 0 saturated carbocycles. The summed E-state index contributed by atoms with van der Waals surface area (Å²) in [4.78, 5) is 14.2. The number of aryl methyl sites for hydroxylation is 1. The predicted octanol–water partition coefficient (Wildman–Crippen LogP) is 3.46. The average Bonchev–Trinajstić information content (AvgIpc) is 2.76. The Labute approximate surface area is 115 Å². The number of benzene rings is 1. The van der Waals surface area contributed by atoms with Crippen molar-refractivity contribution in [3.05, 3.63) is 33.8 Å². The number of amides is 1. The molecule has 1 saturated heterocycles. The number of hydrogen-bond acceptors (Lipinski definition) is 1.